The summed E-state index contributed by atoms with van der Waals surface area (Å²) in [5.41, 5.74) is 0.611. The molecule has 3 heteroatoms. The highest BCUT2D eigenvalue weighted by Crippen LogP contribution is 2.60. The molecule has 0 aromatic heterocycles. The van der Waals surface area contributed by atoms with Crippen molar-refractivity contribution in [1.29, 1.82) is 0 Å². The minimum absolute atomic E-state index is 0.150. The summed E-state index contributed by atoms with van der Waals surface area (Å²) in [7, 11) is 0. The Morgan fingerprint density at radius 3 is 2.53 bits per heavy atom. The third kappa shape index (κ3) is 1.44. The summed E-state index contributed by atoms with van der Waals surface area (Å²) < 4.78 is 11.8. The summed E-state index contributed by atoms with van der Waals surface area (Å²) in [6, 6.07) is 0. The van der Waals surface area contributed by atoms with E-state index in [1.165, 1.54) is 12.8 Å². The molecule has 3 rings (SSSR count). The van der Waals surface area contributed by atoms with Crippen molar-refractivity contribution in [3.8, 4) is 0 Å². The maximum absolute atomic E-state index is 6.35. The predicted molar refractivity (Wildman–Crippen MR) is 57.6 cm³/mol. The van der Waals surface area contributed by atoms with Crippen LogP contribution in [0.5, 0.6) is 0 Å². The molecule has 0 amide bonds. The first kappa shape index (κ1) is 10.1. The topological polar surface area (TPSA) is 30.5 Å². The Labute approximate surface area is 91.5 Å². The standard InChI is InChI=1S/C12H21NO2/c1-2-10-13-9-11(3-4-11)12(15-10)5-7-14-8-6-12/h10,13H,2-9H2,1H3. The molecule has 2 aliphatic heterocycles. The highest BCUT2D eigenvalue weighted by Gasteiger charge is 2.62. The lowest BCUT2D eigenvalue weighted by molar-refractivity contribution is -0.213. The van der Waals surface area contributed by atoms with E-state index in [1.54, 1.807) is 0 Å². The van der Waals surface area contributed by atoms with E-state index in [-0.39, 0.29) is 11.8 Å². The van der Waals surface area contributed by atoms with Crippen LogP contribution in [0.2, 0.25) is 0 Å². The van der Waals surface area contributed by atoms with Gasteiger partial charge in [0, 0.05) is 38.0 Å². The average molecular weight is 211 g/mol. The van der Waals surface area contributed by atoms with Crippen LogP contribution in [0.15, 0.2) is 0 Å². The molecule has 0 radical (unpaired) electrons. The van der Waals surface area contributed by atoms with Crippen LogP contribution in [0, 0.1) is 5.41 Å². The van der Waals surface area contributed by atoms with E-state index in [0.717, 1.165) is 39.0 Å². The van der Waals surface area contributed by atoms with Gasteiger partial charge in [-0.3, -0.25) is 5.32 Å². The normalized spacial score (nSPS) is 37.0. The maximum atomic E-state index is 6.35. The molecule has 0 aromatic carbocycles. The minimum Gasteiger partial charge on any atom is -0.381 e. The molecule has 0 aromatic rings. The number of hydrogen-bond acceptors (Lipinski definition) is 3. The zero-order chi connectivity index (χ0) is 10.4. The smallest absolute Gasteiger partial charge is 0.108 e. The Hall–Kier alpha value is -0.120. The van der Waals surface area contributed by atoms with Gasteiger partial charge in [0.1, 0.15) is 6.23 Å². The molecule has 3 nitrogen and oxygen atoms in total. The van der Waals surface area contributed by atoms with Gasteiger partial charge in [0.15, 0.2) is 0 Å². The number of ether oxygens (including phenoxy) is 2. The quantitative estimate of drug-likeness (QED) is 0.715. The van der Waals surface area contributed by atoms with Crippen molar-refractivity contribution in [1.82, 2.24) is 5.32 Å². The van der Waals surface area contributed by atoms with Crippen LogP contribution in [-0.4, -0.2) is 31.6 Å². The first-order chi connectivity index (χ1) is 7.30. The van der Waals surface area contributed by atoms with E-state index in [2.05, 4.69) is 12.2 Å². The third-order valence-electron chi connectivity index (χ3n) is 4.53. The molecule has 1 N–H and O–H groups in total. The van der Waals surface area contributed by atoms with Gasteiger partial charge in [0.2, 0.25) is 0 Å². The van der Waals surface area contributed by atoms with Crippen LogP contribution in [0.1, 0.15) is 39.0 Å². The number of hydrogen-bond donors (Lipinski definition) is 1. The van der Waals surface area contributed by atoms with Crippen molar-refractivity contribution in [2.75, 3.05) is 19.8 Å². The summed E-state index contributed by atoms with van der Waals surface area (Å²) in [5.74, 6) is 0. The van der Waals surface area contributed by atoms with Gasteiger partial charge in [-0.05, 0) is 19.3 Å². The Morgan fingerprint density at radius 2 is 1.93 bits per heavy atom. The fraction of sp³-hybridized carbons (Fsp3) is 1.00. The Kier molecular flexibility index (Phi) is 2.31. The molecule has 0 bridgehead atoms. The van der Waals surface area contributed by atoms with Gasteiger partial charge in [0.05, 0.1) is 5.60 Å². The molecule has 2 heterocycles. The van der Waals surface area contributed by atoms with E-state index in [4.69, 9.17) is 9.47 Å². The predicted octanol–water partition coefficient (Wildman–Crippen LogP) is 1.67. The van der Waals surface area contributed by atoms with Gasteiger partial charge in [-0.1, -0.05) is 6.92 Å². The van der Waals surface area contributed by atoms with Gasteiger partial charge >= 0.3 is 0 Å². The van der Waals surface area contributed by atoms with Gasteiger partial charge in [0.25, 0.3) is 0 Å². The first-order valence-electron chi connectivity index (χ1n) is 6.29. The minimum atomic E-state index is 0.150. The van der Waals surface area contributed by atoms with Crippen LogP contribution in [-0.2, 0) is 9.47 Å². The number of nitrogens with one attached hydrogen (secondary N) is 1. The van der Waals surface area contributed by atoms with E-state index in [0.29, 0.717) is 5.41 Å². The van der Waals surface area contributed by atoms with Crippen LogP contribution in [0.3, 0.4) is 0 Å². The SMILES string of the molecule is CCC1NCC2(CC2)C2(CCOCC2)O1. The lowest BCUT2D eigenvalue weighted by atomic mass is 9.76. The van der Waals surface area contributed by atoms with Crippen LogP contribution in [0.25, 0.3) is 0 Å². The van der Waals surface area contributed by atoms with Crippen molar-refractivity contribution in [2.24, 2.45) is 5.41 Å². The fourth-order valence-corrected chi connectivity index (χ4v) is 3.27. The Balaban J connectivity index is 1.81. The van der Waals surface area contributed by atoms with Crippen LogP contribution >= 0.6 is 0 Å². The third-order valence-corrected chi connectivity index (χ3v) is 4.53. The van der Waals surface area contributed by atoms with Crippen molar-refractivity contribution in [3.63, 3.8) is 0 Å². The molecule has 2 saturated heterocycles. The first-order valence-corrected chi connectivity index (χ1v) is 6.29. The fourth-order valence-electron chi connectivity index (χ4n) is 3.27. The van der Waals surface area contributed by atoms with Crippen molar-refractivity contribution < 1.29 is 9.47 Å². The molecular weight excluding hydrogens is 190 g/mol. The molecule has 1 atom stereocenters. The second-order valence-electron chi connectivity index (χ2n) is 5.28. The maximum Gasteiger partial charge on any atom is 0.108 e. The molecule has 15 heavy (non-hydrogen) atoms. The molecule has 1 saturated carbocycles. The molecular formula is C12H21NO2. The van der Waals surface area contributed by atoms with Crippen molar-refractivity contribution in [2.45, 2.75) is 50.9 Å². The van der Waals surface area contributed by atoms with E-state index < -0.39 is 0 Å². The lowest BCUT2D eigenvalue weighted by Gasteiger charge is -2.50. The molecule has 86 valence electrons. The molecule has 1 aliphatic carbocycles. The number of fused-ring (bicyclic) bond motifs is 1. The Bertz CT molecular complexity index is 244. The monoisotopic (exact) mass is 211 g/mol. The molecule has 3 fully saturated rings. The largest absolute Gasteiger partial charge is 0.381 e. The van der Waals surface area contributed by atoms with E-state index >= 15 is 0 Å². The second kappa shape index (κ2) is 3.44. The van der Waals surface area contributed by atoms with E-state index in [9.17, 15) is 0 Å². The zero-order valence-corrected chi connectivity index (χ0v) is 9.55. The van der Waals surface area contributed by atoms with Gasteiger partial charge in [-0.15, -0.1) is 0 Å². The average Bonchev–Trinajstić information content (AvgIpc) is 3.06. The second-order valence-corrected chi connectivity index (χ2v) is 5.28. The summed E-state index contributed by atoms with van der Waals surface area (Å²) in [6.07, 6.45) is 6.23. The highest BCUT2D eigenvalue weighted by atomic mass is 16.5. The molecule has 1 unspecified atom stereocenters. The van der Waals surface area contributed by atoms with Crippen molar-refractivity contribution >= 4 is 0 Å². The Morgan fingerprint density at radius 1 is 1.20 bits per heavy atom. The summed E-state index contributed by atoms with van der Waals surface area (Å²) >= 11 is 0. The van der Waals surface area contributed by atoms with Crippen LogP contribution < -0.4 is 5.32 Å². The summed E-state index contributed by atoms with van der Waals surface area (Å²) in [6.45, 7) is 5.12. The van der Waals surface area contributed by atoms with Gasteiger partial charge < -0.3 is 9.47 Å². The lowest BCUT2D eigenvalue weighted by Crippen LogP contribution is -2.60. The van der Waals surface area contributed by atoms with E-state index in [1.807, 2.05) is 0 Å². The van der Waals surface area contributed by atoms with Gasteiger partial charge in [-0.2, -0.15) is 0 Å². The summed E-state index contributed by atoms with van der Waals surface area (Å²) in [5, 5.41) is 3.53. The zero-order valence-electron chi connectivity index (χ0n) is 9.55. The number of rotatable bonds is 1. The van der Waals surface area contributed by atoms with Crippen molar-refractivity contribution in [3.05, 3.63) is 0 Å². The molecule has 2 spiro atoms. The van der Waals surface area contributed by atoms with Crippen LogP contribution in [0.4, 0.5) is 0 Å². The highest BCUT2D eigenvalue weighted by molar-refractivity contribution is 5.13. The summed E-state index contributed by atoms with van der Waals surface area (Å²) in [4.78, 5) is 0. The molecule has 3 aliphatic rings. The van der Waals surface area contributed by atoms with Gasteiger partial charge in [-0.25, -0.2) is 0 Å².